The molecule has 1 aromatic carbocycles. The van der Waals surface area contributed by atoms with Gasteiger partial charge in [0.2, 0.25) is 11.8 Å². The summed E-state index contributed by atoms with van der Waals surface area (Å²) in [5, 5.41) is 0. The molecule has 0 radical (unpaired) electrons. The normalized spacial score (nSPS) is 28.3. The van der Waals surface area contributed by atoms with Crippen molar-refractivity contribution >= 4 is 11.8 Å². The summed E-state index contributed by atoms with van der Waals surface area (Å²) in [5.74, 6) is 0.0480. The number of carbonyl (C=O) groups is 2. The smallest absolute Gasteiger partial charge is 0.236 e. The monoisotopic (exact) mass is 387 g/mol. The third kappa shape index (κ3) is 3.79. The Hall–Kier alpha value is -1.95. The van der Waals surface area contributed by atoms with Gasteiger partial charge in [-0.3, -0.25) is 14.5 Å². The maximum absolute atomic E-state index is 14.0. The van der Waals surface area contributed by atoms with E-state index in [0.29, 0.717) is 13.1 Å². The molecule has 6 heteroatoms. The first kappa shape index (κ1) is 19.4. The van der Waals surface area contributed by atoms with E-state index in [1.807, 2.05) is 15.9 Å². The summed E-state index contributed by atoms with van der Waals surface area (Å²) in [6.45, 7) is 5.19. The van der Waals surface area contributed by atoms with Gasteiger partial charge in [0.15, 0.2) is 0 Å². The van der Waals surface area contributed by atoms with E-state index in [2.05, 4.69) is 4.90 Å². The molecule has 3 atom stereocenters. The Morgan fingerprint density at radius 2 is 1.93 bits per heavy atom. The molecule has 5 nitrogen and oxygen atoms in total. The predicted octanol–water partition coefficient (Wildman–Crippen LogP) is 2.62. The average molecular weight is 387 g/mol. The number of hydrogen-bond donors (Lipinski definition) is 0. The molecule has 152 valence electrons. The van der Waals surface area contributed by atoms with Crippen LogP contribution < -0.4 is 0 Å². The summed E-state index contributed by atoms with van der Waals surface area (Å²) in [4.78, 5) is 31.3. The molecule has 3 aliphatic heterocycles. The Morgan fingerprint density at radius 3 is 2.61 bits per heavy atom. The van der Waals surface area contributed by atoms with Crippen molar-refractivity contribution < 1.29 is 14.0 Å². The molecule has 0 unspecified atom stereocenters. The summed E-state index contributed by atoms with van der Waals surface area (Å²) in [6.07, 6.45) is 5.28. The van der Waals surface area contributed by atoms with Crippen LogP contribution in [0.15, 0.2) is 24.3 Å². The Labute approximate surface area is 166 Å². The molecule has 3 saturated heterocycles. The number of fused-ring (bicyclic) bond motifs is 1. The summed E-state index contributed by atoms with van der Waals surface area (Å²) >= 11 is 0. The van der Waals surface area contributed by atoms with E-state index < -0.39 is 0 Å². The molecule has 1 aromatic rings. The highest BCUT2D eigenvalue weighted by Crippen LogP contribution is 2.39. The molecule has 3 fully saturated rings. The zero-order valence-electron chi connectivity index (χ0n) is 16.6. The van der Waals surface area contributed by atoms with Crippen LogP contribution in [-0.2, 0) is 9.59 Å². The Morgan fingerprint density at radius 1 is 1.11 bits per heavy atom. The van der Waals surface area contributed by atoms with Gasteiger partial charge in [-0.2, -0.15) is 0 Å². The molecule has 0 saturated carbocycles. The lowest BCUT2D eigenvalue weighted by Crippen LogP contribution is -2.52. The second-order valence-corrected chi connectivity index (χ2v) is 8.44. The van der Waals surface area contributed by atoms with Crippen molar-refractivity contribution in [2.75, 3.05) is 32.7 Å². The maximum Gasteiger partial charge on any atom is 0.236 e. The van der Waals surface area contributed by atoms with E-state index >= 15 is 0 Å². The number of hydrogen-bond acceptors (Lipinski definition) is 3. The van der Waals surface area contributed by atoms with Crippen LogP contribution in [0.3, 0.4) is 0 Å². The third-order valence-corrected chi connectivity index (χ3v) is 6.69. The molecule has 28 heavy (non-hydrogen) atoms. The molecule has 3 aliphatic rings. The van der Waals surface area contributed by atoms with Crippen LogP contribution in [0.4, 0.5) is 4.39 Å². The molecule has 0 aromatic heterocycles. The molecule has 0 N–H and O–H groups in total. The Balaban J connectivity index is 1.65. The first-order chi connectivity index (χ1) is 13.5. The van der Waals surface area contributed by atoms with Crippen LogP contribution in [-0.4, -0.2) is 71.3 Å². The summed E-state index contributed by atoms with van der Waals surface area (Å²) in [7, 11) is 0. The SMILES string of the molecule is CC(=O)N1CCCCC[C@@H]2[C@@H]1[C@H](c1cccc(F)c1)CN2CC(=O)N1CCC1. The van der Waals surface area contributed by atoms with Gasteiger partial charge in [-0.25, -0.2) is 4.39 Å². The predicted molar refractivity (Wildman–Crippen MR) is 105 cm³/mol. The molecular weight excluding hydrogens is 357 g/mol. The van der Waals surface area contributed by atoms with Crippen LogP contribution in [0.25, 0.3) is 0 Å². The van der Waals surface area contributed by atoms with Gasteiger partial charge in [0.25, 0.3) is 0 Å². The number of halogens is 1. The quantitative estimate of drug-likeness (QED) is 0.801. The van der Waals surface area contributed by atoms with E-state index in [1.165, 1.54) is 6.07 Å². The van der Waals surface area contributed by atoms with Gasteiger partial charge in [-0.05, 0) is 37.0 Å². The molecule has 2 amide bonds. The number of likely N-dealkylation sites (tertiary alicyclic amines) is 3. The summed E-state index contributed by atoms with van der Waals surface area (Å²) < 4.78 is 14.0. The Kier molecular flexibility index (Phi) is 5.67. The largest absolute Gasteiger partial charge is 0.341 e. The van der Waals surface area contributed by atoms with Crippen LogP contribution in [0, 0.1) is 5.82 Å². The Bertz CT molecular complexity index is 736. The topological polar surface area (TPSA) is 43.9 Å². The van der Waals surface area contributed by atoms with Crippen LogP contribution >= 0.6 is 0 Å². The van der Waals surface area contributed by atoms with Crippen molar-refractivity contribution in [2.45, 2.75) is 57.0 Å². The molecule has 0 aliphatic carbocycles. The molecular formula is C22H30FN3O2. The van der Waals surface area contributed by atoms with E-state index in [9.17, 15) is 14.0 Å². The maximum atomic E-state index is 14.0. The summed E-state index contributed by atoms with van der Waals surface area (Å²) in [5.41, 5.74) is 0.931. The lowest BCUT2D eigenvalue weighted by molar-refractivity contribution is -0.136. The first-order valence-electron chi connectivity index (χ1n) is 10.6. The fourth-order valence-electron chi connectivity index (χ4n) is 5.15. The first-order valence-corrected chi connectivity index (χ1v) is 10.6. The minimum atomic E-state index is -0.246. The number of carbonyl (C=O) groups excluding carboxylic acids is 2. The summed E-state index contributed by atoms with van der Waals surface area (Å²) in [6, 6.07) is 6.92. The van der Waals surface area contributed by atoms with Crippen molar-refractivity contribution in [1.82, 2.24) is 14.7 Å². The zero-order valence-corrected chi connectivity index (χ0v) is 16.6. The second kappa shape index (κ2) is 8.19. The van der Waals surface area contributed by atoms with Crippen molar-refractivity contribution in [3.8, 4) is 0 Å². The molecule has 0 spiro atoms. The van der Waals surface area contributed by atoms with Gasteiger partial charge < -0.3 is 9.80 Å². The van der Waals surface area contributed by atoms with Gasteiger partial charge in [-0.15, -0.1) is 0 Å². The number of nitrogens with zero attached hydrogens (tertiary/aromatic N) is 3. The standard InChI is InChI=1S/C22H30FN3O2/c1-16(27)26-12-4-2-3-9-20-22(26)19(17-7-5-8-18(23)13-17)14-25(20)15-21(28)24-10-6-11-24/h5,7-8,13,19-20,22H,2-4,6,9-12,14-15H2,1H3/t19-,20+,22-/m0/s1. The highest BCUT2D eigenvalue weighted by molar-refractivity contribution is 5.79. The lowest BCUT2D eigenvalue weighted by atomic mass is 9.86. The highest BCUT2D eigenvalue weighted by atomic mass is 19.1. The van der Waals surface area contributed by atoms with Gasteiger partial charge in [0, 0.05) is 45.1 Å². The average Bonchev–Trinajstić information content (AvgIpc) is 2.90. The van der Waals surface area contributed by atoms with Crippen molar-refractivity contribution in [3.05, 3.63) is 35.6 Å². The van der Waals surface area contributed by atoms with E-state index in [0.717, 1.165) is 57.3 Å². The van der Waals surface area contributed by atoms with Gasteiger partial charge >= 0.3 is 0 Å². The van der Waals surface area contributed by atoms with Crippen molar-refractivity contribution in [2.24, 2.45) is 0 Å². The van der Waals surface area contributed by atoms with Crippen LogP contribution in [0.1, 0.15) is 50.5 Å². The number of amides is 2. The zero-order chi connectivity index (χ0) is 19.7. The van der Waals surface area contributed by atoms with E-state index in [1.54, 1.807) is 19.1 Å². The number of rotatable bonds is 3. The molecule has 0 bridgehead atoms. The fourth-order valence-corrected chi connectivity index (χ4v) is 5.15. The minimum Gasteiger partial charge on any atom is -0.341 e. The second-order valence-electron chi connectivity index (χ2n) is 8.44. The van der Waals surface area contributed by atoms with Gasteiger partial charge in [0.05, 0.1) is 12.6 Å². The molecule has 4 rings (SSSR count). The number of benzene rings is 1. The third-order valence-electron chi connectivity index (χ3n) is 6.69. The van der Waals surface area contributed by atoms with E-state index in [4.69, 9.17) is 0 Å². The fraction of sp³-hybridized carbons (Fsp3) is 0.636. The van der Waals surface area contributed by atoms with Crippen LogP contribution in [0.2, 0.25) is 0 Å². The van der Waals surface area contributed by atoms with Gasteiger partial charge in [0.1, 0.15) is 5.82 Å². The van der Waals surface area contributed by atoms with Crippen molar-refractivity contribution in [3.63, 3.8) is 0 Å². The molecule has 3 heterocycles. The highest BCUT2D eigenvalue weighted by Gasteiger charge is 2.47. The minimum absolute atomic E-state index is 0.00351. The van der Waals surface area contributed by atoms with E-state index in [-0.39, 0.29) is 35.6 Å². The van der Waals surface area contributed by atoms with Crippen LogP contribution in [0.5, 0.6) is 0 Å². The van der Waals surface area contributed by atoms with Gasteiger partial charge in [-0.1, -0.05) is 25.0 Å². The lowest BCUT2D eigenvalue weighted by Gasteiger charge is -2.39. The van der Waals surface area contributed by atoms with Crippen molar-refractivity contribution in [1.29, 1.82) is 0 Å².